The summed E-state index contributed by atoms with van der Waals surface area (Å²) < 4.78 is 34.7. The first kappa shape index (κ1) is 15.0. The van der Waals surface area contributed by atoms with Crippen molar-refractivity contribution >= 4 is 5.71 Å². The lowest BCUT2D eigenvalue weighted by Gasteiger charge is -2.05. The van der Waals surface area contributed by atoms with E-state index in [1.54, 1.807) is 14.0 Å². The van der Waals surface area contributed by atoms with Crippen LogP contribution in [0.25, 0.3) is 0 Å². The largest absolute Gasteiger partial charge is 0.497 e. The molecular formula is C11H19F2NO2. The number of nitrogens with zero attached hydrogens (tertiary/aromatic N) is 1. The van der Waals surface area contributed by atoms with Crippen LogP contribution in [-0.2, 0) is 9.47 Å². The van der Waals surface area contributed by atoms with Crippen LogP contribution in [0.5, 0.6) is 0 Å². The summed E-state index contributed by atoms with van der Waals surface area (Å²) in [5.41, 5.74) is 0.414. The fourth-order valence-corrected chi connectivity index (χ4v) is 0.942. The maximum absolute atomic E-state index is 12.4. The van der Waals surface area contributed by atoms with Crippen molar-refractivity contribution in [1.29, 1.82) is 0 Å². The summed E-state index contributed by atoms with van der Waals surface area (Å²) in [5.74, 6) is 0. The topological polar surface area (TPSA) is 30.8 Å². The van der Waals surface area contributed by atoms with Gasteiger partial charge in [0.1, 0.15) is 12.9 Å². The van der Waals surface area contributed by atoms with E-state index in [1.165, 1.54) is 6.26 Å². The Morgan fingerprint density at radius 2 is 1.94 bits per heavy atom. The van der Waals surface area contributed by atoms with Gasteiger partial charge >= 0.3 is 0 Å². The fourth-order valence-electron chi connectivity index (χ4n) is 0.942. The molecule has 0 amide bonds. The van der Waals surface area contributed by atoms with Gasteiger partial charge in [-0.2, -0.15) is 0 Å². The predicted molar refractivity (Wildman–Crippen MR) is 59.9 cm³/mol. The van der Waals surface area contributed by atoms with Gasteiger partial charge in [0.15, 0.2) is 0 Å². The van der Waals surface area contributed by atoms with Crippen molar-refractivity contribution in [1.82, 2.24) is 0 Å². The van der Waals surface area contributed by atoms with E-state index in [1.807, 2.05) is 6.92 Å². The number of hydrogen-bond acceptors (Lipinski definition) is 3. The second-order valence-electron chi connectivity index (χ2n) is 3.08. The highest BCUT2D eigenvalue weighted by Crippen LogP contribution is 2.09. The van der Waals surface area contributed by atoms with Crippen molar-refractivity contribution in [2.75, 3.05) is 20.3 Å². The molecule has 0 aliphatic heterocycles. The SMILES string of the molecule is CCC(=N/C(=C\OCCOC)CC)C(F)F. The van der Waals surface area contributed by atoms with E-state index in [9.17, 15) is 8.78 Å². The van der Waals surface area contributed by atoms with Crippen molar-refractivity contribution in [2.24, 2.45) is 4.99 Å². The van der Waals surface area contributed by atoms with Crippen molar-refractivity contribution < 1.29 is 18.3 Å². The van der Waals surface area contributed by atoms with E-state index >= 15 is 0 Å². The average Bonchev–Trinajstić information content (AvgIpc) is 2.28. The summed E-state index contributed by atoms with van der Waals surface area (Å²) >= 11 is 0. The quantitative estimate of drug-likeness (QED) is 0.368. The molecular weight excluding hydrogens is 216 g/mol. The van der Waals surface area contributed by atoms with Gasteiger partial charge in [0, 0.05) is 7.11 Å². The van der Waals surface area contributed by atoms with Gasteiger partial charge in [-0.05, 0) is 12.8 Å². The van der Waals surface area contributed by atoms with Gasteiger partial charge in [-0.1, -0.05) is 13.8 Å². The first-order valence-corrected chi connectivity index (χ1v) is 5.30. The molecule has 0 saturated carbocycles. The molecule has 0 spiro atoms. The molecule has 0 aromatic heterocycles. The average molecular weight is 235 g/mol. The molecule has 0 aromatic carbocycles. The summed E-state index contributed by atoms with van der Waals surface area (Å²) in [5, 5.41) is 0. The van der Waals surface area contributed by atoms with Crippen LogP contribution in [0.3, 0.4) is 0 Å². The number of aliphatic imine (C=N–C) groups is 1. The zero-order chi connectivity index (χ0) is 12.4. The lowest BCUT2D eigenvalue weighted by Crippen LogP contribution is -2.09. The van der Waals surface area contributed by atoms with Gasteiger partial charge in [-0.3, -0.25) is 4.99 Å². The summed E-state index contributed by atoms with van der Waals surface area (Å²) in [6.45, 7) is 4.36. The van der Waals surface area contributed by atoms with E-state index in [0.29, 0.717) is 25.3 Å². The van der Waals surface area contributed by atoms with Crippen LogP contribution < -0.4 is 0 Å². The van der Waals surface area contributed by atoms with Crippen LogP contribution in [-0.4, -0.2) is 32.5 Å². The van der Waals surface area contributed by atoms with Crippen molar-refractivity contribution in [2.45, 2.75) is 33.1 Å². The Morgan fingerprint density at radius 3 is 2.38 bits per heavy atom. The molecule has 0 unspecified atom stereocenters. The molecule has 0 N–H and O–H groups in total. The molecule has 0 atom stereocenters. The Balaban J connectivity index is 4.35. The first-order valence-electron chi connectivity index (χ1n) is 5.30. The van der Waals surface area contributed by atoms with Gasteiger partial charge in [0.25, 0.3) is 6.43 Å². The van der Waals surface area contributed by atoms with E-state index < -0.39 is 6.43 Å². The van der Waals surface area contributed by atoms with E-state index in [2.05, 4.69) is 4.99 Å². The van der Waals surface area contributed by atoms with Gasteiger partial charge in [0.05, 0.1) is 18.0 Å². The maximum atomic E-state index is 12.4. The van der Waals surface area contributed by atoms with Crippen LogP contribution in [0.2, 0.25) is 0 Å². The van der Waals surface area contributed by atoms with Gasteiger partial charge in [-0.15, -0.1) is 0 Å². The Kier molecular flexibility index (Phi) is 8.71. The van der Waals surface area contributed by atoms with Crippen molar-refractivity contribution in [3.63, 3.8) is 0 Å². The minimum absolute atomic E-state index is 0.108. The number of alkyl halides is 2. The lowest BCUT2D eigenvalue weighted by molar-refractivity contribution is 0.122. The second-order valence-corrected chi connectivity index (χ2v) is 3.08. The normalized spacial score (nSPS) is 13.4. The summed E-state index contributed by atoms with van der Waals surface area (Å²) in [6.07, 6.45) is -0.285. The molecule has 0 fully saturated rings. The Morgan fingerprint density at radius 1 is 1.25 bits per heavy atom. The first-order chi connectivity index (χ1) is 7.65. The molecule has 0 aliphatic carbocycles. The Hall–Kier alpha value is -0.970. The van der Waals surface area contributed by atoms with Crippen molar-refractivity contribution in [3.05, 3.63) is 12.0 Å². The minimum atomic E-state index is -2.50. The standard InChI is InChI=1S/C11H19F2NO2/c1-4-9(8-16-7-6-15-3)14-10(5-2)11(12)13/h8,11H,4-7H2,1-3H3/b9-8-,14-10?. The second kappa shape index (κ2) is 9.27. The third kappa shape index (κ3) is 6.50. The molecule has 3 nitrogen and oxygen atoms in total. The molecule has 0 rings (SSSR count). The monoisotopic (exact) mass is 235 g/mol. The van der Waals surface area contributed by atoms with Crippen LogP contribution >= 0.6 is 0 Å². The molecule has 0 radical (unpaired) electrons. The Bertz CT molecular complexity index is 240. The number of halogens is 2. The third-order valence-corrected chi connectivity index (χ3v) is 1.89. The van der Waals surface area contributed by atoms with Crippen LogP contribution in [0.1, 0.15) is 26.7 Å². The fraction of sp³-hybridized carbons (Fsp3) is 0.727. The van der Waals surface area contributed by atoms with Crippen LogP contribution in [0.15, 0.2) is 17.0 Å². The molecule has 0 aliphatic rings. The predicted octanol–water partition coefficient (Wildman–Crippen LogP) is 3.02. The molecule has 0 heterocycles. The molecule has 5 heteroatoms. The minimum Gasteiger partial charge on any atom is -0.497 e. The highest BCUT2D eigenvalue weighted by Gasteiger charge is 2.10. The van der Waals surface area contributed by atoms with E-state index in [4.69, 9.17) is 9.47 Å². The summed E-state index contributed by atoms with van der Waals surface area (Å²) in [7, 11) is 1.57. The summed E-state index contributed by atoms with van der Waals surface area (Å²) in [4.78, 5) is 3.87. The van der Waals surface area contributed by atoms with Crippen molar-refractivity contribution in [3.8, 4) is 0 Å². The number of ether oxygens (including phenoxy) is 2. The maximum Gasteiger partial charge on any atom is 0.276 e. The van der Waals surface area contributed by atoms with E-state index in [0.717, 1.165) is 0 Å². The van der Waals surface area contributed by atoms with E-state index in [-0.39, 0.29) is 12.1 Å². The highest BCUT2D eigenvalue weighted by molar-refractivity contribution is 5.87. The molecule has 16 heavy (non-hydrogen) atoms. The Labute approximate surface area is 95.2 Å². The van der Waals surface area contributed by atoms with Crippen LogP contribution in [0, 0.1) is 0 Å². The number of hydrogen-bond donors (Lipinski definition) is 0. The molecule has 0 aromatic rings. The van der Waals surface area contributed by atoms with Gasteiger partial charge in [0.2, 0.25) is 0 Å². The van der Waals surface area contributed by atoms with Gasteiger partial charge < -0.3 is 9.47 Å². The van der Waals surface area contributed by atoms with Gasteiger partial charge in [-0.25, -0.2) is 8.78 Å². The molecule has 94 valence electrons. The number of methoxy groups -OCH3 is 1. The lowest BCUT2D eigenvalue weighted by atomic mass is 10.3. The highest BCUT2D eigenvalue weighted by atomic mass is 19.3. The number of allylic oxidation sites excluding steroid dienone is 1. The number of rotatable bonds is 8. The summed E-state index contributed by atoms with van der Waals surface area (Å²) in [6, 6.07) is 0. The van der Waals surface area contributed by atoms with Crippen LogP contribution in [0.4, 0.5) is 8.78 Å². The third-order valence-electron chi connectivity index (χ3n) is 1.89. The molecule has 0 bridgehead atoms. The molecule has 0 saturated heterocycles. The zero-order valence-corrected chi connectivity index (χ0v) is 10.0. The smallest absolute Gasteiger partial charge is 0.276 e. The zero-order valence-electron chi connectivity index (χ0n) is 10.0.